The number of aryl methyl sites for hydroxylation is 1. The first kappa shape index (κ1) is 21.6. The summed E-state index contributed by atoms with van der Waals surface area (Å²) in [4.78, 5) is 28.1. The van der Waals surface area contributed by atoms with Gasteiger partial charge in [-0.2, -0.15) is 0 Å². The maximum Gasteiger partial charge on any atom is 0.280 e. The van der Waals surface area contributed by atoms with Crippen molar-refractivity contribution in [3.05, 3.63) is 76.5 Å². The molecule has 0 aliphatic rings. The molecule has 0 aliphatic heterocycles. The molecular formula is C22H23FN4O2S. The van der Waals surface area contributed by atoms with Crippen molar-refractivity contribution in [3.8, 4) is 0 Å². The molecule has 6 nitrogen and oxygen atoms in total. The fraction of sp³-hybridized carbons (Fsp3) is 0.273. The second-order valence-corrected chi connectivity index (χ2v) is 8.58. The third kappa shape index (κ3) is 4.88. The van der Waals surface area contributed by atoms with Gasteiger partial charge in [0.15, 0.2) is 5.69 Å². The van der Waals surface area contributed by atoms with E-state index in [1.165, 1.54) is 22.4 Å². The molecule has 2 amide bonds. The third-order valence-corrected chi connectivity index (χ3v) is 4.79. The lowest BCUT2D eigenvalue weighted by atomic mass is 9.99. The first-order valence-corrected chi connectivity index (χ1v) is 10.2. The van der Waals surface area contributed by atoms with E-state index in [-0.39, 0.29) is 11.3 Å². The predicted octanol–water partition coefficient (Wildman–Crippen LogP) is 4.29. The molecule has 1 unspecified atom stereocenters. The summed E-state index contributed by atoms with van der Waals surface area (Å²) in [7, 11) is 0. The number of carbonyl (C=O) groups excluding carboxylic acids is 2. The lowest BCUT2D eigenvalue weighted by Gasteiger charge is -2.33. The molecule has 0 fully saturated rings. The van der Waals surface area contributed by atoms with Gasteiger partial charge in [0.2, 0.25) is 5.91 Å². The van der Waals surface area contributed by atoms with Crippen LogP contribution in [0.4, 0.5) is 10.1 Å². The fourth-order valence-electron chi connectivity index (χ4n) is 3.07. The Hall–Kier alpha value is -3.13. The Morgan fingerprint density at radius 2 is 1.87 bits per heavy atom. The van der Waals surface area contributed by atoms with Crippen LogP contribution >= 0.6 is 11.5 Å². The van der Waals surface area contributed by atoms with Gasteiger partial charge in [0.1, 0.15) is 11.9 Å². The lowest BCUT2D eigenvalue weighted by molar-refractivity contribution is -0.124. The van der Waals surface area contributed by atoms with Crippen molar-refractivity contribution >= 4 is 29.0 Å². The fourth-order valence-corrected chi connectivity index (χ4v) is 3.51. The number of carbonyl (C=O) groups is 2. The van der Waals surface area contributed by atoms with Crippen molar-refractivity contribution in [2.24, 2.45) is 0 Å². The second-order valence-electron chi connectivity index (χ2n) is 7.97. The zero-order chi connectivity index (χ0) is 21.9. The number of nitrogens with zero attached hydrogens (tertiary/aromatic N) is 3. The van der Waals surface area contributed by atoms with Gasteiger partial charge < -0.3 is 5.32 Å². The van der Waals surface area contributed by atoms with Crippen LogP contribution in [0.25, 0.3) is 0 Å². The number of benzene rings is 2. The number of hydrogen-bond donors (Lipinski definition) is 1. The van der Waals surface area contributed by atoms with Crippen LogP contribution < -0.4 is 10.2 Å². The van der Waals surface area contributed by atoms with Gasteiger partial charge in [0.25, 0.3) is 5.91 Å². The highest BCUT2D eigenvalue weighted by molar-refractivity contribution is 7.03. The van der Waals surface area contributed by atoms with Gasteiger partial charge in [-0.25, -0.2) is 4.39 Å². The molecule has 1 aromatic heterocycles. The van der Waals surface area contributed by atoms with Gasteiger partial charge in [-0.05, 0) is 63.0 Å². The van der Waals surface area contributed by atoms with Gasteiger partial charge >= 0.3 is 0 Å². The summed E-state index contributed by atoms with van der Waals surface area (Å²) in [5, 5.41) is 8.25. The molecule has 0 aliphatic carbocycles. The van der Waals surface area contributed by atoms with E-state index in [2.05, 4.69) is 14.9 Å². The third-order valence-electron chi connectivity index (χ3n) is 4.28. The minimum atomic E-state index is -1.23. The maximum atomic E-state index is 14.9. The SMILES string of the molecule is Cc1cccc(N(C(=O)c2csnn2)C(C(=O)NC(C)(C)C)c2ccccc2F)c1. The van der Waals surface area contributed by atoms with Crippen molar-refractivity contribution < 1.29 is 14.0 Å². The largest absolute Gasteiger partial charge is 0.349 e. The quantitative estimate of drug-likeness (QED) is 0.660. The Morgan fingerprint density at radius 1 is 1.13 bits per heavy atom. The average Bonchev–Trinajstić information content (AvgIpc) is 3.19. The van der Waals surface area contributed by atoms with Crippen LogP contribution in [-0.2, 0) is 4.79 Å². The van der Waals surface area contributed by atoms with E-state index < -0.39 is 29.2 Å². The first-order chi connectivity index (χ1) is 14.2. The highest BCUT2D eigenvalue weighted by Gasteiger charge is 2.37. The van der Waals surface area contributed by atoms with Crippen LogP contribution in [0.2, 0.25) is 0 Å². The number of amides is 2. The molecule has 1 N–H and O–H groups in total. The zero-order valence-electron chi connectivity index (χ0n) is 17.2. The predicted molar refractivity (Wildman–Crippen MR) is 115 cm³/mol. The van der Waals surface area contributed by atoms with E-state index in [0.717, 1.165) is 17.1 Å². The summed E-state index contributed by atoms with van der Waals surface area (Å²) >= 11 is 1.03. The van der Waals surface area contributed by atoms with E-state index in [4.69, 9.17) is 0 Å². The maximum absolute atomic E-state index is 14.9. The first-order valence-electron chi connectivity index (χ1n) is 9.41. The van der Waals surface area contributed by atoms with Crippen molar-refractivity contribution in [1.82, 2.24) is 14.9 Å². The van der Waals surface area contributed by atoms with E-state index in [1.807, 2.05) is 33.8 Å². The lowest BCUT2D eigenvalue weighted by Crippen LogP contribution is -2.49. The number of aromatic nitrogens is 2. The number of rotatable bonds is 5. The molecule has 156 valence electrons. The molecule has 1 atom stereocenters. The summed E-state index contributed by atoms with van der Waals surface area (Å²) in [6.45, 7) is 7.36. The van der Waals surface area contributed by atoms with Gasteiger partial charge in [-0.15, -0.1) is 5.10 Å². The standard InChI is InChI=1S/C22H23FN4O2S/c1-14-8-7-9-15(12-14)27(21(29)18-13-30-26-25-18)19(20(28)24-22(2,3)4)16-10-5-6-11-17(16)23/h5-13,19H,1-4H3,(H,24,28). The Morgan fingerprint density at radius 3 is 2.47 bits per heavy atom. The summed E-state index contributed by atoms with van der Waals surface area (Å²) in [6.07, 6.45) is 0. The molecule has 0 bridgehead atoms. The molecule has 0 radical (unpaired) electrons. The molecule has 3 rings (SSSR count). The van der Waals surface area contributed by atoms with Gasteiger partial charge in [0.05, 0.1) is 0 Å². The van der Waals surface area contributed by atoms with Crippen molar-refractivity contribution in [2.45, 2.75) is 39.3 Å². The Bertz CT molecular complexity index is 1050. The molecule has 0 saturated carbocycles. The van der Waals surface area contributed by atoms with Gasteiger partial charge in [0, 0.05) is 22.2 Å². The van der Waals surface area contributed by atoms with Gasteiger partial charge in [-0.1, -0.05) is 34.8 Å². The number of halogens is 1. The normalized spacial score (nSPS) is 12.3. The molecule has 1 heterocycles. The Kier molecular flexibility index (Phi) is 6.26. The molecule has 8 heteroatoms. The zero-order valence-corrected chi connectivity index (χ0v) is 18.0. The minimum Gasteiger partial charge on any atom is -0.349 e. The summed E-state index contributed by atoms with van der Waals surface area (Å²) in [6, 6.07) is 11.9. The Balaban J connectivity index is 2.21. The number of nitrogens with one attached hydrogen (secondary N) is 1. The molecule has 2 aromatic carbocycles. The van der Waals surface area contributed by atoms with Crippen molar-refractivity contribution in [1.29, 1.82) is 0 Å². The molecule has 0 saturated heterocycles. The highest BCUT2D eigenvalue weighted by Crippen LogP contribution is 2.32. The molecule has 3 aromatic rings. The van der Waals surface area contributed by atoms with Crippen LogP contribution in [0.15, 0.2) is 53.9 Å². The topological polar surface area (TPSA) is 75.2 Å². The van der Waals surface area contributed by atoms with Crippen LogP contribution in [0.1, 0.15) is 48.4 Å². The minimum absolute atomic E-state index is 0.0893. The average molecular weight is 427 g/mol. The summed E-state index contributed by atoms with van der Waals surface area (Å²) in [5.74, 6) is -1.61. The van der Waals surface area contributed by atoms with Crippen molar-refractivity contribution in [2.75, 3.05) is 4.90 Å². The van der Waals surface area contributed by atoms with Crippen LogP contribution in [0.5, 0.6) is 0 Å². The van der Waals surface area contributed by atoms with E-state index in [1.54, 1.807) is 30.3 Å². The molecular weight excluding hydrogens is 403 g/mol. The molecule has 30 heavy (non-hydrogen) atoms. The molecule has 0 spiro atoms. The van der Waals surface area contributed by atoms with Crippen molar-refractivity contribution in [3.63, 3.8) is 0 Å². The van der Waals surface area contributed by atoms with Gasteiger partial charge in [-0.3, -0.25) is 14.5 Å². The van der Waals surface area contributed by atoms with E-state index in [9.17, 15) is 14.0 Å². The highest BCUT2D eigenvalue weighted by atomic mass is 32.1. The van der Waals surface area contributed by atoms with Crippen LogP contribution in [0, 0.1) is 12.7 Å². The number of anilines is 1. The second kappa shape index (κ2) is 8.71. The van der Waals surface area contributed by atoms with Crippen LogP contribution in [0.3, 0.4) is 0 Å². The number of hydrogen-bond acceptors (Lipinski definition) is 5. The monoisotopic (exact) mass is 426 g/mol. The van der Waals surface area contributed by atoms with Crippen LogP contribution in [-0.4, -0.2) is 26.9 Å². The summed E-state index contributed by atoms with van der Waals surface area (Å²) < 4.78 is 18.6. The van der Waals surface area contributed by atoms with E-state index in [0.29, 0.717) is 5.69 Å². The Labute approximate surface area is 178 Å². The summed E-state index contributed by atoms with van der Waals surface area (Å²) in [5.41, 5.74) is 0.962. The smallest absolute Gasteiger partial charge is 0.280 e. The van der Waals surface area contributed by atoms with E-state index >= 15 is 0 Å².